The zero-order valence-corrected chi connectivity index (χ0v) is 19.7. The van der Waals surface area contributed by atoms with Crippen LogP contribution in [0.2, 0.25) is 0 Å². The van der Waals surface area contributed by atoms with Crippen molar-refractivity contribution in [3.05, 3.63) is 35.9 Å². The van der Waals surface area contributed by atoms with Crippen LogP contribution in [0.4, 0.5) is 11.4 Å². The minimum absolute atomic E-state index is 0.278. The first kappa shape index (κ1) is 25.8. The molecule has 2 aromatic rings. The van der Waals surface area contributed by atoms with Gasteiger partial charge in [0.25, 0.3) is 11.8 Å². The van der Waals surface area contributed by atoms with E-state index in [4.69, 9.17) is 18.9 Å². The molecule has 2 amide bonds. The molecule has 0 aliphatic rings. The number of carbonyl (C=O) groups excluding carboxylic acids is 2. The van der Waals surface area contributed by atoms with Crippen molar-refractivity contribution in [3.63, 3.8) is 0 Å². The lowest BCUT2D eigenvalue weighted by molar-refractivity contribution is -0.123. The molecular weight excluding hydrogens is 428 g/mol. The highest BCUT2D eigenvalue weighted by Gasteiger charge is 2.20. The van der Waals surface area contributed by atoms with E-state index in [1.807, 2.05) is 27.7 Å². The maximum absolute atomic E-state index is 13.2. The van der Waals surface area contributed by atoms with Crippen LogP contribution in [0.5, 0.6) is 23.0 Å². The number of ether oxygens (including phenoxy) is 4. The molecule has 0 aliphatic carbocycles. The number of aliphatic hydroxyl groups is 1. The largest absolute Gasteiger partial charge is 0.494 e. The SMILES string of the molecule is CCOc1ccc(NC(=O)[C@H](C)O)c(NC(=O)c2cc(OCC)c(OCC)c(OCC)c2)c1. The molecule has 180 valence electrons. The quantitative estimate of drug-likeness (QED) is 0.441. The first-order valence-electron chi connectivity index (χ1n) is 11.0. The van der Waals surface area contributed by atoms with Gasteiger partial charge in [0.15, 0.2) is 11.5 Å². The Labute approximate surface area is 194 Å². The van der Waals surface area contributed by atoms with E-state index < -0.39 is 17.9 Å². The van der Waals surface area contributed by atoms with E-state index >= 15 is 0 Å². The Morgan fingerprint density at radius 2 is 1.39 bits per heavy atom. The number of amides is 2. The number of anilines is 2. The van der Waals surface area contributed by atoms with Crippen LogP contribution < -0.4 is 29.6 Å². The van der Waals surface area contributed by atoms with Crippen molar-refractivity contribution >= 4 is 23.2 Å². The Hall–Kier alpha value is -3.46. The lowest BCUT2D eigenvalue weighted by atomic mass is 10.1. The number of aliphatic hydroxyl groups excluding tert-OH is 1. The molecule has 0 heterocycles. The van der Waals surface area contributed by atoms with Crippen molar-refractivity contribution in [3.8, 4) is 23.0 Å². The predicted molar refractivity (Wildman–Crippen MR) is 126 cm³/mol. The molecule has 0 unspecified atom stereocenters. The second-order valence-electron chi connectivity index (χ2n) is 6.86. The molecule has 33 heavy (non-hydrogen) atoms. The minimum atomic E-state index is -1.21. The molecule has 2 aromatic carbocycles. The van der Waals surface area contributed by atoms with Gasteiger partial charge in [-0.2, -0.15) is 0 Å². The molecule has 0 radical (unpaired) electrons. The Kier molecular flexibility index (Phi) is 9.81. The first-order chi connectivity index (χ1) is 15.8. The Morgan fingerprint density at radius 1 is 0.818 bits per heavy atom. The van der Waals surface area contributed by atoms with Gasteiger partial charge < -0.3 is 34.7 Å². The van der Waals surface area contributed by atoms with Crippen molar-refractivity contribution in [2.45, 2.75) is 40.7 Å². The number of nitrogens with one attached hydrogen (secondary N) is 2. The summed E-state index contributed by atoms with van der Waals surface area (Å²) in [5.74, 6) is 0.664. The van der Waals surface area contributed by atoms with E-state index in [1.165, 1.54) is 6.92 Å². The Bertz CT molecular complexity index is 933. The van der Waals surface area contributed by atoms with Gasteiger partial charge >= 0.3 is 0 Å². The van der Waals surface area contributed by atoms with Gasteiger partial charge in [-0.1, -0.05) is 0 Å². The second kappa shape index (κ2) is 12.5. The van der Waals surface area contributed by atoms with E-state index in [-0.39, 0.29) is 5.56 Å². The van der Waals surface area contributed by atoms with Gasteiger partial charge in [-0.05, 0) is 58.9 Å². The predicted octanol–water partition coefficient (Wildman–Crippen LogP) is 3.85. The standard InChI is InChI=1S/C24H32N2O7/c1-6-30-17-10-11-18(25-23(28)15(5)27)19(14-17)26-24(29)16-12-20(31-7-2)22(33-9-4)21(13-16)32-8-3/h10-15,27H,6-9H2,1-5H3,(H,25,28)(H,26,29)/t15-/m0/s1. The number of benzene rings is 2. The van der Waals surface area contributed by atoms with Crippen LogP contribution in [0.3, 0.4) is 0 Å². The molecule has 0 spiro atoms. The van der Waals surface area contributed by atoms with Crippen LogP contribution >= 0.6 is 0 Å². The molecule has 0 aliphatic heterocycles. The fourth-order valence-electron chi connectivity index (χ4n) is 2.94. The van der Waals surface area contributed by atoms with Gasteiger partial charge in [-0.15, -0.1) is 0 Å². The number of rotatable bonds is 12. The third kappa shape index (κ3) is 7.01. The molecule has 0 aromatic heterocycles. The molecule has 0 bridgehead atoms. The van der Waals surface area contributed by atoms with Crippen molar-refractivity contribution in [2.75, 3.05) is 37.1 Å². The van der Waals surface area contributed by atoms with Gasteiger partial charge in [0, 0.05) is 11.6 Å². The van der Waals surface area contributed by atoms with E-state index in [1.54, 1.807) is 30.3 Å². The van der Waals surface area contributed by atoms with Crippen molar-refractivity contribution in [2.24, 2.45) is 0 Å². The highest BCUT2D eigenvalue weighted by atomic mass is 16.5. The summed E-state index contributed by atoms with van der Waals surface area (Å²) in [5.41, 5.74) is 0.906. The minimum Gasteiger partial charge on any atom is -0.494 e. The first-order valence-corrected chi connectivity index (χ1v) is 11.0. The zero-order valence-electron chi connectivity index (χ0n) is 19.7. The summed E-state index contributed by atoms with van der Waals surface area (Å²) in [5, 5.41) is 14.9. The lowest BCUT2D eigenvalue weighted by Gasteiger charge is -2.18. The molecule has 0 saturated carbocycles. The number of hydrogen-bond donors (Lipinski definition) is 3. The van der Waals surface area contributed by atoms with Gasteiger partial charge in [-0.3, -0.25) is 9.59 Å². The molecule has 0 saturated heterocycles. The smallest absolute Gasteiger partial charge is 0.256 e. The number of hydrogen-bond acceptors (Lipinski definition) is 7. The second-order valence-corrected chi connectivity index (χ2v) is 6.86. The van der Waals surface area contributed by atoms with Crippen LogP contribution in [0.1, 0.15) is 45.0 Å². The maximum Gasteiger partial charge on any atom is 0.256 e. The summed E-state index contributed by atoms with van der Waals surface area (Å²) in [7, 11) is 0. The lowest BCUT2D eigenvalue weighted by Crippen LogP contribution is -2.25. The highest BCUT2D eigenvalue weighted by Crippen LogP contribution is 2.39. The molecule has 9 nitrogen and oxygen atoms in total. The third-order valence-electron chi connectivity index (χ3n) is 4.36. The third-order valence-corrected chi connectivity index (χ3v) is 4.36. The van der Waals surface area contributed by atoms with Gasteiger partial charge in [0.1, 0.15) is 11.9 Å². The fourth-order valence-corrected chi connectivity index (χ4v) is 2.94. The van der Waals surface area contributed by atoms with Crippen molar-refractivity contribution in [1.29, 1.82) is 0 Å². The van der Waals surface area contributed by atoms with Crippen molar-refractivity contribution < 1.29 is 33.6 Å². The summed E-state index contributed by atoms with van der Waals surface area (Å²) in [6, 6.07) is 8.00. The van der Waals surface area contributed by atoms with Crippen LogP contribution in [0.25, 0.3) is 0 Å². The summed E-state index contributed by atoms with van der Waals surface area (Å²) in [4.78, 5) is 25.2. The summed E-state index contributed by atoms with van der Waals surface area (Å²) >= 11 is 0. The highest BCUT2D eigenvalue weighted by molar-refractivity contribution is 6.08. The van der Waals surface area contributed by atoms with Gasteiger partial charge in [-0.25, -0.2) is 0 Å². The summed E-state index contributed by atoms with van der Waals surface area (Å²) < 4.78 is 22.6. The summed E-state index contributed by atoms with van der Waals surface area (Å²) in [6.45, 7) is 10.3. The van der Waals surface area contributed by atoms with E-state index in [2.05, 4.69) is 10.6 Å². The van der Waals surface area contributed by atoms with E-state index in [0.29, 0.717) is 60.8 Å². The molecule has 1 atom stereocenters. The Balaban J connectivity index is 2.45. The monoisotopic (exact) mass is 460 g/mol. The van der Waals surface area contributed by atoms with Gasteiger partial charge in [0.05, 0.1) is 37.8 Å². The van der Waals surface area contributed by atoms with Crippen LogP contribution in [0, 0.1) is 0 Å². The fraction of sp³-hybridized carbons (Fsp3) is 0.417. The summed E-state index contributed by atoms with van der Waals surface area (Å²) in [6.07, 6.45) is -1.21. The zero-order chi connectivity index (χ0) is 24.4. The van der Waals surface area contributed by atoms with Crippen molar-refractivity contribution in [1.82, 2.24) is 0 Å². The molecular formula is C24H32N2O7. The van der Waals surface area contributed by atoms with E-state index in [0.717, 1.165) is 0 Å². The average Bonchev–Trinajstić information content (AvgIpc) is 2.77. The number of carbonyl (C=O) groups is 2. The Morgan fingerprint density at radius 3 is 1.91 bits per heavy atom. The molecule has 9 heteroatoms. The average molecular weight is 461 g/mol. The van der Waals surface area contributed by atoms with Crippen LogP contribution in [-0.2, 0) is 4.79 Å². The normalized spacial score (nSPS) is 11.3. The maximum atomic E-state index is 13.2. The van der Waals surface area contributed by atoms with Crippen LogP contribution in [0.15, 0.2) is 30.3 Å². The molecule has 3 N–H and O–H groups in total. The topological polar surface area (TPSA) is 115 Å². The van der Waals surface area contributed by atoms with Crippen LogP contribution in [-0.4, -0.2) is 49.5 Å². The molecule has 0 fully saturated rings. The van der Waals surface area contributed by atoms with Gasteiger partial charge in [0.2, 0.25) is 5.75 Å². The van der Waals surface area contributed by atoms with E-state index in [9.17, 15) is 14.7 Å². The molecule has 2 rings (SSSR count).